The number of nitrogens with zero attached hydrogens (tertiary/aromatic N) is 2. The fourth-order valence-corrected chi connectivity index (χ4v) is 2.37. The van der Waals surface area contributed by atoms with Crippen LogP contribution in [-0.2, 0) is 6.61 Å². The molecule has 0 aliphatic carbocycles. The van der Waals surface area contributed by atoms with Crippen molar-refractivity contribution in [3.05, 3.63) is 70.8 Å². The third-order valence-electron chi connectivity index (χ3n) is 3.23. The molecule has 1 heterocycles. The monoisotopic (exact) mass is 327 g/mol. The van der Waals surface area contributed by atoms with Crippen LogP contribution in [0, 0.1) is 4.77 Å². The van der Waals surface area contributed by atoms with Crippen LogP contribution in [0.25, 0.3) is 5.69 Å². The van der Waals surface area contributed by atoms with Crippen molar-refractivity contribution in [3.63, 3.8) is 0 Å². The second kappa shape index (κ2) is 6.45. The molecule has 2 N–H and O–H groups in total. The lowest BCUT2D eigenvalue weighted by Gasteiger charge is -2.08. The minimum absolute atomic E-state index is 0.203. The summed E-state index contributed by atoms with van der Waals surface area (Å²) >= 11 is 5.26. The molecule has 0 amide bonds. The second-order valence-corrected chi connectivity index (χ2v) is 5.12. The second-order valence-electron chi connectivity index (χ2n) is 4.73. The molecule has 2 aromatic carbocycles. The van der Waals surface area contributed by atoms with Crippen molar-refractivity contribution in [1.82, 2.24) is 14.8 Å². The van der Waals surface area contributed by atoms with Crippen molar-refractivity contribution >= 4 is 18.2 Å². The van der Waals surface area contributed by atoms with E-state index >= 15 is 0 Å². The van der Waals surface area contributed by atoms with Crippen LogP contribution < -0.4 is 4.74 Å². The lowest BCUT2D eigenvalue weighted by atomic mass is 10.2. The van der Waals surface area contributed by atoms with Crippen LogP contribution in [0.2, 0.25) is 0 Å². The summed E-state index contributed by atoms with van der Waals surface area (Å²) < 4.78 is 7.93. The highest BCUT2D eigenvalue weighted by molar-refractivity contribution is 7.71. The van der Waals surface area contributed by atoms with Crippen LogP contribution in [0.4, 0.5) is 0 Å². The first kappa shape index (κ1) is 15.0. The highest BCUT2D eigenvalue weighted by Crippen LogP contribution is 2.16. The third-order valence-corrected chi connectivity index (χ3v) is 3.50. The smallest absolute Gasteiger partial charge is 0.335 e. The summed E-state index contributed by atoms with van der Waals surface area (Å²) in [7, 11) is 0. The number of hydrogen-bond donors (Lipinski definition) is 2. The summed E-state index contributed by atoms with van der Waals surface area (Å²) in [5, 5.41) is 15.8. The number of ether oxygens (including phenoxy) is 1. The van der Waals surface area contributed by atoms with Crippen molar-refractivity contribution in [2.75, 3.05) is 0 Å². The molecule has 1 aromatic heterocycles. The molecule has 6 nitrogen and oxygen atoms in total. The number of carbonyl (C=O) groups is 1. The van der Waals surface area contributed by atoms with E-state index in [2.05, 4.69) is 10.2 Å². The van der Waals surface area contributed by atoms with E-state index in [0.717, 1.165) is 5.69 Å². The molecule has 0 radical (unpaired) electrons. The normalized spacial score (nSPS) is 10.4. The molecule has 116 valence electrons. The van der Waals surface area contributed by atoms with E-state index in [9.17, 15) is 4.79 Å². The average molecular weight is 327 g/mol. The molecular weight excluding hydrogens is 314 g/mol. The maximum Gasteiger partial charge on any atom is 0.335 e. The molecule has 0 fully saturated rings. The van der Waals surface area contributed by atoms with E-state index in [1.807, 2.05) is 30.3 Å². The molecule has 0 aliphatic heterocycles. The maximum atomic E-state index is 10.8. The van der Waals surface area contributed by atoms with Gasteiger partial charge in [0, 0.05) is 5.69 Å². The number of H-pyrrole nitrogens is 1. The number of hydrogen-bond acceptors (Lipinski definition) is 4. The van der Waals surface area contributed by atoms with Crippen molar-refractivity contribution in [2.45, 2.75) is 6.61 Å². The van der Waals surface area contributed by atoms with Crippen LogP contribution in [0.15, 0.2) is 54.6 Å². The highest BCUT2D eigenvalue weighted by atomic mass is 32.1. The molecule has 0 saturated heterocycles. The number of aromatic amines is 1. The molecule has 3 aromatic rings. The van der Waals surface area contributed by atoms with Gasteiger partial charge in [0.25, 0.3) is 0 Å². The van der Waals surface area contributed by atoms with E-state index in [1.165, 1.54) is 12.1 Å². The Kier molecular flexibility index (Phi) is 4.20. The Bertz CT molecular complexity index is 870. The van der Waals surface area contributed by atoms with Gasteiger partial charge in [-0.1, -0.05) is 18.2 Å². The molecular formula is C16H13N3O3S. The van der Waals surface area contributed by atoms with Crippen LogP contribution in [0.1, 0.15) is 16.2 Å². The van der Waals surface area contributed by atoms with Crippen LogP contribution in [0.5, 0.6) is 5.75 Å². The Morgan fingerprint density at radius 3 is 2.52 bits per heavy atom. The molecule has 0 aliphatic rings. The molecule has 3 rings (SSSR count). The maximum absolute atomic E-state index is 10.8. The van der Waals surface area contributed by atoms with Gasteiger partial charge >= 0.3 is 5.97 Å². The van der Waals surface area contributed by atoms with Crippen LogP contribution >= 0.6 is 12.2 Å². The fourth-order valence-electron chi connectivity index (χ4n) is 2.11. The van der Waals surface area contributed by atoms with Gasteiger partial charge in [0.2, 0.25) is 0 Å². The van der Waals surface area contributed by atoms with E-state index in [1.54, 1.807) is 16.7 Å². The zero-order chi connectivity index (χ0) is 16.2. The highest BCUT2D eigenvalue weighted by Gasteiger charge is 2.09. The van der Waals surface area contributed by atoms with Gasteiger partial charge in [0.05, 0.1) is 5.56 Å². The van der Waals surface area contributed by atoms with E-state index < -0.39 is 5.97 Å². The van der Waals surface area contributed by atoms with E-state index in [-0.39, 0.29) is 12.2 Å². The van der Waals surface area contributed by atoms with Gasteiger partial charge in [-0.05, 0) is 48.6 Å². The molecule has 0 atom stereocenters. The van der Waals surface area contributed by atoms with Gasteiger partial charge in [0.15, 0.2) is 10.6 Å². The predicted octanol–water partition coefficient (Wildman–Crippen LogP) is 3.21. The first-order chi connectivity index (χ1) is 11.1. The summed E-state index contributed by atoms with van der Waals surface area (Å²) in [5.74, 6) is 0.216. The van der Waals surface area contributed by atoms with Gasteiger partial charge in [-0.15, -0.1) is 0 Å². The molecule has 0 unspecified atom stereocenters. The Hall–Kier alpha value is -2.93. The minimum Gasteiger partial charge on any atom is -0.486 e. The number of benzene rings is 2. The summed E-state index contributed by atoms with van der Waals surface area (Å²) in [6, 6.07) is 15.8. The summed E-state index contributed by atoms with van der Waals surface area (Å²) in [5.41, 5.74) is 1.11. The summed E-state index contributed by atoms with van der Waals surface area (Å²) in [6.07, 6.45) is 0. The number of carboxylic acid groups (broad SMARTS) is 1. The molecule has 0 saturated carbocycles. The first-order valence-electron chi connectivity index (χ1n) is 6.83. The first-order valence-corrected chi connectivity index (χ1v) is 7.24. The topological polar surface area (TPSA) is 80.1 Å². The fraction of sp³-hybridized carbons (Fsp3) is 0.0625. The number of carboxylic acids is 1. The van der Waals surface area contributed by atoms with Gasteiger partial charge < -0.3 is 9.84 Å². The third kappa shape index (κ3) is 3.29. The molecule has 23 heavy (non-hydrogen) atoms. The van der Waals surface area contributed by atoms with Crippen LogP contribution in [0.3, 0.4) is 0 Å². The Balaban J connectivity index is 1.79. The van der Waals surface area contributed by atoms with E-state index in [0.29, 0.717) is 16.3 Å². The zero-order valence-corrected chi connectivity index (χ0v) is 12.8. The Morgan fingerprint density at radius 1 is 1.17 bits per heavy atom. The van der Waals surface area contributed by atoms with Gasteiger partial charge in [-0.3, -0.25) is 9.67 Å². The van der Waals surface area contributed by atoms with Crippen molar-refractivity contribution in [1.29, 1.82) is 0 Å². The standard InChI is InChI=1S/C16H13N3O3S/c20-15(21)11-6-8-13(9-7-11)22-10-14-17-18-16(23)19(14)12-4-2-1-3-5-12/h1-9H,10H2,(H,18,23)(H,20,21). The van der Waals surface area contributed by atoms with Crippen molar-refractivity contribution < 1.29 is 14.6 Å². The Morgan fingerprint density at radius 2 is 1.87 bits per heavy atom. The number of nitrogens with one attached hydrogen (secondary N) is 1. The quantitative estimate of drug-likeness (QED) is 0.703. The average Bonchev–Trinajstić information content (AvgIpc) is 2.95. The van der Waals surface area contributed by atoms with Crippen molar-refractivity contribution in [3.8, 4) is 11.4 Å². The minimum atomic E-state index is -0.971. The predicted molar refractivity (Wildman–Crippen MR) is 86.5 cm³/mol. The number of para-hydroxylation sites is 1. The molecule has 7 heteroatoms. The van der Waals surface area contributed by atoms with Gasteiger partial charge in [0.1, 0.15) is 12.4 Å². The summed E-state index contributed by atoms with van der Waals surface area (Å²) in [6.45, 7) is 0.203. The lowest BCUT2D eigenvalue weighted by molar-refractivity contribution is 0.0697. The zero-order valence-electron chi connectivity index (χ0n) is 12.0. The van der Waals surface area contributed by atoms with Gasteiger partial charge in [-0.25, -0.2) is 4.79 Å². The number of aromatic carboxylic acids is 1. The largest absolute Gasteiger partial charge is 0.486 e. The van der Waals surface area contributed by atoms with Crippen LogP contribution in [-0.4, -0.2) is 25.8 Å². The molecule has 0 bridgehead atoms. The van der Waals surface area contributed by atoms with Gasteiger partial charge in [-0.2, -0.15) is 5.10 Å². The summed E-state index contributed by atoms with van der Waals surface area (Å²) in [4.78, 5) is 10.8. The van der Waals surface area contributed by atoms with E-state index in [4.69, 9.17) is 22.1 Å². The SMILES string of the molecule is O=C(O)c1ccc(OCc2n[nH]c(=S)n2-c2ccccc2)cc1. The molecule has 0 spiro atoms. The lowest BCUT2D eigenvalue weighted by Crippen LogP contribution is -2.06. The Labute approximate surface area is 137 Å². The number of aromatic nitrogens is 3. The van der Waals surface area contributed by atoms with Crippen molar-refractivity contribution in [2.24, 2.45) is 0 Å². The number of rotatable bonds is 5.